The van der Waals surface area contributed by atoms with Crippen LogP contribution in [0.2, 0.25) is 0 Å². The Morgan fingerprint density at radius 1 is 0.383 bits per heavy atom. The molecule has 60 heavy (non-hydrogen) atoms. The number of carbonyl (C=O) groups excluding carboxylic acids is 2. The Kier molecular flexibility index (Phi) is 48.9. The molecule has 0 aliphatic rings. The zero-order chi connectivity index (χ0) is 43.5. The van der Waals surface area contributed by atoms with E-state index in [4.69, 9.17) is 14.2 Å². The topological polar surface area (TPSA) is 61.8 Å². The molecule has 0 aliphatic carbocycles. The summed E-state index contributed by atoms with van der Waals surface area (Å²) in [6.45, 7) is 7.68. The van der Waals surface area contributed by atoms with Crippen LogP contribution in [-0.2, 0) is 23.8 Å². The summed E-state index contributed by atoms with van der Waals surface area (Å²) in [5.41, 5.74) is 0. The van der Waals surface area contributed by atoms with E-state index in [0.717, 1.165) is 70.6 Å². The van der Waals surface area contributed by atoms with Crippen LogP contribution in [0.5, 0.6) is 0 Å². The highest BCUT2D eigenvalue weighted by molar-refractivity contribution is 5.70. The zero-order valence-electron chi connectivity index (χ0n) is 40.0. The largest absolute Gasteiger partial charge is 0.462 e. The minimum atomic E-state index is -0.552. The summed E-state index contributed by atoms with van der Waals surface area (Å²) >= 11 is 0. The number of unbranched alkanes of at least 4 members (excludes halogenated alkanes) is 26. The standard InChI is InChI=1S/C55H98O5/c1-4-7-10-13-16-19-22-24-26-27-28-30-32-35-38-41-44-47-50-58-51-53(60-55(57)49-46-43-40-37-33-21-18-15-12-9-6-3)52-59-54(56)48-45-42-39-36-34-31-29-25-23-20-17-14-11-8-5-2/h8,11,17,20,24-26,29,34,36,53H,4-7,9-10,12-16,18-19,21-23,27-28,30-33,35,37-52H2,1-3H3/b11-8-,20-17-,26-24-,29-25-,36-34-. The molecule has 0 saturated carbocycles. The first kappa shape index (κ1) is 57.6. The summed E-state index contributed by atoms with van der Waals surface area (Å²) in [6, 6.07) is 0. The van der Waals surface area contributed by atoms with Gasteiger partial charge in [0.25, 0.3) is 0 Å². The molecule has 0 heterocycles. The lowest BCUT2D eigenvalue weighted by atomic mass is 10.1. The molecule has 5 nitrogen and oxygen atoms in total. The van der Waals surface area contributed by atoms with Gasteiger partial charge >= 0.3 is 11.9 Å². The first-order chi connectivity index (χ1) is 29.6. The first-order valence-corrected chi connectivity index (χ1v) is 25.8. The normalized spacial score (nSPS) is 12.7. The molecule has 0 aromatic carbocycles. The summed E-state index contributed by atoms with van der Waals surface area (Å²) in [7, 11) is 0. The fourth-order valence-electron chi connectivity index (χ4n) is 7.20. The number of hydrogen-bond donors (Lipinski definition) is 0. The summed E-state index contributed by atoms with van der Waals surface area (Å²) < 4.78 is 17.4. The molecule has 5 heteroatoms. The van der Waals surface area contributed by atoms with Crippen LogP contribution in [0, 0.1) is 0 Å². The Bertz CT molecular complexity index is 1040. The van der Waals surface area contributed by atoms with Crippen LogP contribution in [-0.4, -0.2) is 37.9 Å². The molecule has 0 aliphatic heterocycles. The third kappa shape index (κ3) is 48.3. The first-order valence-electron chi connectivity index (χ1n) is 25.8. The number of hydrogen-bond acceptors (Lipinski definition) is 5. The van der Waals surface area contributed by atoms with E-state index in [1.165, 1.54) is 148 Å². The van der Waals surface area contributed by atoms with Crippen molar-refractivity contribution < 1.29 is 23.8 Å². The molecular weight excluding hydrogens is 741 g/mol. The lowest BCUT2D eigenvalue weighted by Crippen LogP contribution is -2.30. The average molecular weight is 839 g/mol. The number of allylic oxidation sites excluding steroid dienone is 10. The highest BCUT2D eigenvalue weighted by Gasteiger charge is 2.17. The quantitative estimate of drug-likeness (QED) is 0.0347. The molecule has 0 spiro atoms. The van der Waals surface area contributed by atoms with Crippen molar-refractivity contribution >= 4 is 11.9 Å². The molecule has 1 atom stereocenters. The van der Waals surface area contributed by atoms with Crippen molar-refractivity contribution in [1.29, 1.82) is 0 Å². The van der Waals surface area contributed by atoms with Gasteiger partial charge in [-0.15, -0.1) is 0 Å². The number of rotatable bonds is 47. The Balaban J connectivity index is 4.28. The van der Waals surface area contributed by atoms with Crippen LogP contribution >= 0.6 is 0 Å². The molecule has 0 radical (unpaired) electrons. The average Bonchev–Trinajstić information content (AvgIpc) is 3.25. The summed E-state index contributed by atoms with van der Waals surface area (Å²) in [4.78, 5) is 25.3. The second kappa shape index (κ2) is 51.0. The van der Waals surface area contributed by atoms with Gasteiger partial charge in [0.05, 0.1) is 6.61 Å². The van der Waals surface area contributed by atoms with Gasteiger partial charge in [0.1, 0.15) is 6.61 Å². The smallest absolute Gasteiger partial charge is 0.306 e. The van der Waals surface area contributed by atoms with Crippen LogP contribution in [0.25, 0.3) is 0 Å². The third-order valence-corrected chi connectivity index (χ3v) is 11.0. The predicted octanol–water partition coefficient (Wildman–Crippen LogP) is 17.3. The van der Waals surface area contributed by atoms with E-state index in [1.54, 1.807) is 0 Å². The highest BCUT2D eigenvalue weighted by atomic mass is 16.6. The summed E-state index contributed by atoms with van der Waals surface area (Å²) in [5.74, 6) is -0.441. The van der Waals surface area contributed by atoms with Crippen LogP contribution in [0.3, 0.4) is 0 Å². The Hall–Kier alpha value is -2.40. The second-order valence-electron chi connectivity index (χ2n) is 17.0. The van der Waals surface area contributed by atoms with Gasteiger partial charge in [-0.25, -0.2) is 0 Å². The Labute approximate surface area is 373 Å². The van der Waals surface area contributed by atoms with Crippen molar-refractivity contribution in [3.8, 4) is 0 Å². The monoisotopic (exact) mass is 839 g/mol. The van der Waals surface area contributed by atoms with Crippen molar-refractivity contribution in [2.45, 2.75) is 258 Å². The molecule has 0 fully saturated rings. The fourth-order valence-corrected chi connectivity index (χ4v) is 7.20. The van der Waals surface area contributed by atoms with Crippen molar-refractivity contribution in [1.82, 2.24) is 0 Å². The molecule has 348 valence electrons. The van der Waals surface area contributed by atoms with Gasteiger partial charge in [0, 0.05) is 19.4 Å². The molecule has 1 unspecified atom stereocenters. The zero-order valence-corrected chi connectivity index (χ0v) is 40.0. The van der Waals surface area contributed by atoms with Gasteiger partial charge in [-0.2, -0.15) is 0 Å². The molecule has 0 aromatic heterocycles. The molecular formula is C55H98O5. The van der Waals surface area contributed by atoms with Gasteiger partial charge in [0.15, 0.2) is 6.10 Å². The van der Waals surface area contributed by atoms with Crippen molar-refractivity contribution in [2.75, 3.05) is 19.8 Å². The molecule has 0 rings (SSSR count). The predicted molar refractivity (Wildman–Crippen MR) is 261 cm³/mol. The highest BCUT2D eigenvalue weighted by Crippen LogP contribution is 2.14. The number of carbonyl (C=O) groups is 2. The van der Waals surface area contributed by atoms with E-state index in [2.05, 4.69) is 81.5 Å². The van der Waals surface area contributed by atoms with E-state index in [1.807, 2.05) is 0 Å². The van der Waals surface area contributed by atoms with Gasteiger partial charge < -0.3 is 14.2 Å². The van der Waals surface area contributed by atoms with Gasteiger partial charge in [0.2, 0.25) is 0 Å². The van der Waals surface area contributed by atoms with E-state index in [0.29, 0.717) is 19.4 Å². The van der Waals surface area contributed by atoms with E-state index in [9.17, 15) is 9.59 Å². The van der Waals surface area contributed by atoms with Crippen molar-refractivity contribution in [2.24, 2.45) is 0 Å². The summed E-state index contributed by atoms with van der Waals surface area (Å²) in [6.07, 6.45) is 63.7. The fraction of sp³-hybridized carbons (Fsp3) is 0.782. The van der Waals surface area contributed by atoms with Crippen LogP contribution in [0.15, 0.2) is 60.8 Å². The Morgan fingerprint density at radius 3 is 1.25 bits per heavy atom. The second-order valence-corrected chi connectivity index (χ2v) is 17.0. The van der Waals surface area contributed by atoms with Gasteiger partial charge in [-0.3, -0.25) is 9.59 Å². The van der Waals surface area contributed by atoms with Crippen LogP contribution in [0.1, 0.15) is 252 Å². The van der Waals surface area contributed by atoms with E-state index < -0.39 is 6.10 Å². The maximum absolute atomic E-state index is 12.8. The van der Waals surface area contributed by atoms with Crippen LogP contribution in [0.4, 0.5) is 0 Å². The van der Waals surface area contributed by atoms with Gasteiger partial charge in [-0.1, -0.05) is 216 Å². The van der Waals surface area contributed by atoms with Crippen LogP contribution < -0.4 is 0 Å². The third-order valence-electron chi connectivity index (χ3n) is 11.0. The molecule has 0 aromatic rings. The van der Waals surface area contributed by atoms with Crippen molar-refractivity contribution in [3.05, 3.63) is 60.8 Å². The van der Waals surface area contributed by atoms with Crippen molar-refractivity contribution in [3.63, 3.8) is 0 Å². The minimum Gasteiger partial charge on any atom is -0.462 e. The molecule has 0 amide bonds. The van der Waals surface area contributed by atoms with Gasteiger partial charge in [-0.05, 0) is 83.5 Å². The molecule has 0 N–H and O–H groups in total. The number of ether oxygens (including phenoxy) is 3. The SMILES string of the molecule is CC/C=C\C/C=C\C/C=C\C/C=C\CCCCC(=O)OCC(COCCCCCCCCCC/C=C\CCCCCCCC)OC(=O)CCCCCCCCCCCCC. The maximum atomic E-state index is 12.8. The van der Waals surface area contributed by atoms with E-state index in [-0.39, 0.29) is 25.2 Å². The maximum Gasteiger partial charge on any atom is 0.306 e. The molecule has 0 saturated heterocycles. The minimum absolute atomic E-state index is 0.0641. The Morgan fingerprint density at radius 2 is 0.750 bits per heavy atom. The van der Waals surface area contributed by atoms with E-state index >= 15 is 0 Å². The lowest BCUT2D eigenvalue weighted by molar-refractivity contribution is -0.163. The lowest BCUT2D eigenvalue weighted by Gasteiger charge is -2.18. The summed E-state index contributed by atoms with van der Waals surface area (Å²) in [5, 5.41) is 0. The number of esters is 2. The molecule has 0 bridgehead atoms.